The zero-order valence-electron chi connectivity index (χ0n) is 12.3. The molecule has 0 spiro atoms. The zero-order valence-corrected chi connectivity index (χ0v) is 13.2. The van der Waals surface area contributed by atoms with Gasteiger partial charge >= 0.3 is 0 Å². The van der Waals surface area contributed by atoms with Crippen LogP contribution in [-0.2, 0) is 0 Å². The monoisotopic (exact) mass is 356 g/mol. The Kier molecular flexibility index (Phi) is 5.86. The lowest BCUT2D eigenvalue weighted by molar-refractivity contribution is 0.151. The highest BCUT2D eigenvalue weighted by Gasteiger charge is 2.37. The molecule has 1 aromatic rings. The van der Waals surface area contributed by atoms with E-state index in [1.165, 1.54) is 0 Å². The first-order chi connectivity index (χ1) is 10.5. The van der Waals surface area contributed by atoms with Crippen molar-refractivity contribution in [2.75, 3.05) is 26.2 Å². The van der Waals surface area contributed by atoms with Gasteiger partial charge in [-0.05, 0) is 12.3 Å². The van der Waals surface area contributed by atoms with Crippen LogP contribution >= 0.6 is 12.4 Å². The van der Waals surface area contributed by atoms with Gasteiger partial charge in [-0.15, -0.1) is 12.4 Å². The Balaban J connectivity index is 0.00000192. The fraction of sp³-hybridized carbons (Fsp3) is 0.600. The third kappa shape index (κ3) is 3.61. The Hall–Kier alpha value is -0.920. The number of halogens is 6. The van der Waals surface area contributed by atoms with Gasteiger partial charge in [0.05, 0.1) is 0 Å². The lowest BCUT2D eigenvalue weighted by atomic mass is 9.97. The van der Waals surface area contributed by atoms with Gasteiger partial charge in [0.2, 0.25) is 5.82 Å². The van der Waals surface area contributed by atoms with E-state index in [0.717, 1.165) is 12.8 Å². The van der Waals surface area contributed by atoms with Crippen molar-refractivity contribution in [3.05, 3.63) is 34.6 Å². The van der Waals surface area contributed by atoms with Crippen molar-refractivity contribution in [3.8, 4) is 0 Å². The molecule has 1 atom stereocenters. The second-order valence-electron chi connectivity index (χ2n) is 5.96. The smallest absolute Gasteiger partial charge is 0.200 e. The summed E-state index contributed by atoms with van der Waals surface area (Å²) in [6.45, 7) is 2.32. The maximum atomic E-state index is 14.1. The highest BCUT2D eigenvalue weighted by Crippen LogP contribution is 2.42. The van der Waals surface area contributed by atoms with Crippen LogP contribution in [0.5, 0.6) is 0 Å². The summed E-state index contributed by atoms with van der Waals surface area (Å²) in [5.74, 6) is -8.89. The Morgan fingerprint density at radius 2 is 1.35 bits per heavy atom. The molecule has 0 aromatic heterocycles. The zero-order chi connectivity index (χ0) is 15.9. The van der Waals surface area contributed by atoms with E-state index in [2.05, 4.69) is 5.32 Å². The average molecular weight is 357 g/mol. The second-order valence-corrected chi connectivity index (χ2v) is 5.96. The SMILES string of the molecule is Cl.Fc1c(F)c(F)c([C@H](CC2CC2)N2CCNCC2)c(F)c1F. The molecule has 1 saturated heterocycles. The van der Waals surface area contributed by atoms with E-state index in [1.54, 1.807) is 0 Å². The minimum absolute atomic E-state index is 0. The van der Waals surface area contributed by atoms with E-state index in [-0.39, 0.29) is 12.4 Å². The van der Waals surface area contributed by atoms with Crippen LogP contribution in [0.2, 0.25) is 0 Å². The average Bonchev–Trinajstić information content (AvgIpc) is 3.35. The molecule has 0 radical (unpaired) electrons. The third-order valence-electron chi connectivity index (χ3n) is 4.42. The van der Waals surface area contributed by atoms with Gasteiger partial charge in [0.1, 0.15) is 0 Å². The fourth-order valence-corrected chi connectivity index (χ4v) is 3.03. The predicted octanol–water partition coefficient (Wildman–Crippen LogP) is 3.55. The van der Waals surface area contributed by atoms with Crippen LogP contribution in [0.25, 0.3) is 0 Å². The van der Waals surface area contributed by atoms with Crippen LogP contribution in [0.4, 0.5) is 22.0 Å². The topological polar surface area (TPSA) is 15.3 Å². The summed E-state index contributed by atoms with van der Waals surface area (Å²) in [6, 6.07) is -0.765. The Morgan fingerprint density at radius 3 is 1.83 bits per heavy atom. The minimum atomic E-state index is -2.09. The molecular formula is C15H18ClF5N2. The van der Waals surface area contributed by atoms with Gasteiger partial charge in [-0.2, -0.15) is 0 Å². The number of benzene rings is 1. The normalized spacial score (nSPS) is 20.2. The Labute approximate surface area is 137 Å². The molecule has 2 fully saturated rings. The van der Waals surface area contributed by atoms with Crippen molar-refractivity contribution >= 4 is 12.4 Å². The van der Waals surface area contributed by atoms with Crippen molar-refractivity contribution in [3.63, 3.8) is 0 Å². The van der Waals surface area contributed by atoms with E-state index in [1.807, 2.05) is 4.90 Å². The summed E-state index contributed by atoms with van der Waals surface area (Å²) in [6.07, 6.45) is 2.31. The molecule has 1 aromatic carbocycles. The number of nitrogens with one attached hydrogen (secondary N) is 1. The first kappa shape index (κ1) is 18.4. The predicted molar refractivity (Wildman–Crippen MR) is 78.0 cm³/mol. The fourth-order valence-electron chi connectivity index (χ4n) is 3.03. The molecule has 1 heterocycles. The standard InChI is InChI=1S/C15H17F5N2.ClH/c16-11-10(12(17)14(19)15(20)13(11)18)9(7-8-1-2-8)22-5-3-21-4-6-22;/h8-9,21H,1-7H2;1H/t9-;/m0./s1. The Morgan fingerprint density at radius 1 is 0.870 bits per heavy atom. The van der Waals surface area contributed by atoms with E-state index in [4.69, 9.17) is 0 Å². The van der Waals surface area contributed by atoms with E-state index in [9.17, 15) is 22.0 Å². The quantitative estimate of drug-likeness (QED) is 0.504. The highest BCUT2D eigenvalue weighted by atomic mass is 35.5. The molecule has 0 amide bonds. The number of rotatable bonds is 4. The molecule has 2 nitrogen and oxygen atoms in total. The van der Waals surface area contributed by atoms with Crippen molar-refractivity contribution < 1.29 is 22.0 Å². The third-order valence-corrected chi connectivity index (χ3v) is 4.42. The molecule has 1 aliphatic heterocycles. The summed E-state index contributed by atoms with van der Waals surface area (Å²) >= 11 is 0. The minimum Gasteiger partial charge on any atom is -0.314 e. The summed E-state index contributed by atoms with van der Waals surface area (Å²) < 4.78 is 68.4. The number of hydrogen-bond donors (Lipinski definition) is 1. The van der Waals surface area contributed by atoms with E-state index >= 15 is 0 Å². The number of piperazine rings is 1. The van der Waals surface area contributed by atoms with Gasteiger partial charge in [0.15, 0.2) is 23.3 Å². The first-order valence-electron chi connectivity index (χ1n) is 7.46. The van der Waals surface area contributed by atoms with Gasteiger partial charge in [-0.3, -0.25) is 4.90 Å². The van der Waals surface area contributed by atoms with E-state index in [0.29, 0.717) is 38.5 Å². The van der Waals surface area contributed by atoms with Crippen LogP contribution in [0.3, 0.4) is 0 Å². The summed E-state index contributed by atoms with van der Waals surface area (Å²) in [5, 5.41) is 3.11. The first-order valence-corrected chi connectivity index (χ1v) is 7.46. The molecular weight excluding hydrogens is 339 g/mol. The molecule has 130 valence electrons. The van der Waals surface area contributed by atoms with Gasteiger partial charge in [-0.25, -0.2) is 22.0 Å². The maximum absolute atomic E-state index is 14.1. The molecule has 2 aliphatic rings. The van der Waals surface area contributed by atoms with Crippen molar-refractivity contribution in [2.24, 2.45) is 5.92 Å². The Bertz CT molecular complexity index is 544. The highest BCUT2D eigenvalue weighted by molar-refractivity contribution is 5.85. The van der Waals surface area contributed by atoms with Gasteiger partial charge < -0.3 is 5.32 Å². The van der Waals surface area contributed by atoms with Crippen LogP contribution in [0, 0.1) is 35.0 Å². The summed E-state index contributed by atoms with van der Waals surface area (Å²) in [4.78, 5) is 1.81. The van der Waals surface area contributed by atoms with Gasteiger partial charge in [0, 0.05) is 37.8 Å². The molecule has 0 bridgehead atoms. The molecule has 1 N–H and O–H groups in total. The molecule has 23 heavy (non-hydrogen) atoms. The lowest BCUT2D eigenvalue weighted by Crippen LogP contribution is -2.45. The molecule has 0 unspecified atom stereocenters. The molecule has 3 rings (SSSR count). The van der Waals surface area contributed by atoms with Crippen LogP contribution in [-0.4, -0.2) is 31.1 Å². The number of hydrogen-bond acceptors (Lipinski definition) is 2. The number of nitrogens with zero attached hydrogens (tertiary/aromatic N) is 1. The maximum Gasteiger partial charge on any atom is 0.200 e. The van der Waals surface area contributed by atoms with Crippen LogP contribution < -0.4 is 5.32 Å². The van der Waals surface area contributed by atoms with Crippen molar-refractivity contribution in [1.82, 2.24) is 10.2 Å². The molecule has 1 aliphatic carbocycles. The molecule has 1 saturated carbocycles. The second kappa shape index (κ2) is 7.32. The van der Waals surface area contributed by atoms with E-state index < -0.39 is 40.7 Å². The lowest BCUT2D eigenvalue weighted by Gasteiger charge is -2.35. The van der Waals surface area contributed by atoms with Crippen LogP contribution in [0.15, 0.2) is 0 Å². The largest absolute Gasteiger partial charge is 0.314 e. The molecule has 8 heteroatoms. The van der Waals surface area contributed by atoms with Gasteiger partial charge in [-0.1, -0.05) is 12.8 Å². The van der Waals surface area contributed by atoms with Crippen molar-refractivity contribution in [2.45, 2.75) is 25.3 Å². The van der Waals surface area contributed by atoms with Crippen LogP contribution in [0.1, 0.15) is 30.9 Å². The van der Waals surface area contributed by atoms with Crippen molar-refractivity contribution in [1.29, 1.82) is 0 Å². The van der Waals surface area contributed by atoms with Gasteiger partial charge in [0.25, 0.3) is 0 Å². The summed E-state index contributed by atoms with van der Waals surface area (Å²) in [5.41, 5.74) is -0.676. The summed E-state index contributed by atoms with van der Waals surface area (Å²) in [7, 11) is 0.